The number of benzene rings is 2. The third-order valence-electron chi connectivity index (χ3n) is 3.71. The predicted octanol–water partition coefficient (Wildman–Crippen LogP) is 5.32. The Morgan fingerprint density at radius 1 is 1.09 bits per heavy atom. The molecule has 0 unspecified atom stereocenters. The van der Waals surface area contributed by atoms with Crippen LogP contribution in [0.25, 0.3) is 0 Å². The van der Waals surface area contributed by atoms with Gasteiger partial charge in [0.15, 0.2) is 0 Å². The molecule has 4 heteroatoms. The summed E-state index contributed by atoms with van der Waals surface area (Å²) in [5, 5.41) is 6.19. The van der Waals surface area contributed by atoms with Gasteiger partial charge in [-0.2, -0.15) is 0 Å². The molecule has 0 aliphatic heterocycles. The Balaban J connectivity index is 1.79. The smallest absolute Gasteiger partial charge is 0.226 e. The van der Waals surface area contributed by atoms with E-state index in [1.165, 1.54) is 11.1 Å². The maximum Gasteiger partial charge on any atom is 0.226 e. The van der Waals surface area contributed by atoms with Crippen molar-refractivity contribution in [3.8, 4) is 0 Å². The summed E-state index contributed by atoms with van der Waals surface area (Å²) in [6.45, 7) is 6.96. The monoisotopic (exact) mass is 374 g/mol. The second-order valence-corrected chi connectivity index (χ2v) is 6.82. The van der Waals surface area contributed by atoms with Crippen molar-refractivity contribution in [2.45, 2.75) is 33.1 Å². The molecule has 0 bridgehead atoms. The zero-order valence-electron chi connectivity index (χ0n) is 13.8. The van der Waals surface area contributed by atoms with Gasteiger partial charge in [0.25, 0.3) is 0 Å². The molecule has 0 spiro atoms. The number of anilines is 2. The van der Waals surface area contributed by atoms with E-state index in [0.29, 0.717) is 18.9 Å². The van der Waals surface area contributed by atoms with Crippen LogP contribution in [0, 0.1) is 6.92 Å². The predicted molar refractivity (Wildman–Crippen MR) is 101 cm³/mol. The van der Waals surface area contributed by atoms with Gasteiger partial charge in [-0.25, -0.2) is 0 Å². The number of rotatable bonds is 6. The van der Waals surface area contributed by atoms with Crippen molar-refractivity contribution in [1.82, 2.24) is 0 Å². The second-order valence-electron chi connectivity index (χ2n) is 5.97. The van der Waals surface area contributed by atoms with Crippen molar-refractivity contribution in [3.63, 3.8) is 0 Å². The van der Waals surface area contributed by atoms with Gasteiger partial charge in [0.1, 0.15) is 0 Å². The van der Waals surface area contributed by atoms with Gasteiger partial charge in [0.2, 0.25) is 5.91 Å². The molecule has 2 aromatic rings. The van der Waals surface area contributed by atoms with Gasteiger partial charge in [0.05, 0.1) is 0 Å². The molecule has 0 heterocycles. The molecule has 0 aliphatic rings. The normalized spacial score (nSPS) is 10.7. The van der Waals surface area contributed by atoms with Crippen LogP contribution in [0.15, 0.2) is 46.9 Å². The first-order valence-corrected chi connectivity index (χ1v) is 8.65. The topological polar surface area (TPSA) is 41.1 Å². The standard InChI is InChI=1S/C19H23BrN2O/c1-13(2)15-5-8-16(9-6-15)22-19(23)10-11-21-17-7-4-14(3)18(20)12-17/h4-9,12-13,21H,10-11H2,1-3H3,(H,22,23). The van der Waals surface area contributed by atoms with Crippen LogP contribution in [-0.4, -0.2) is 12.5 Å². The highest BCUT2D eigenvalue weighted by atomic mass is 79.9. The van der Waals surface area contributed by atoms with Crippen LogP contribution in [-0.2, 0) is 4.79 Å². The Morgan fingerprint density at radius 3 is 2.35 bits per heavy atom. The number of halogens is 1. The summed E-state index contributed by atoms with van der Waals surface area (Å²) in [5.74, 6) is 0.513. The molecule has 0 saturated heterocycles. The summed E-state index contributed by atoms with van der Waals surface area (Å²) in [5.41, 5.74) is 4.32. The molecular weight excluding hydrogens is 352 g/mol. The highest BCUT2D eigenvalue weighted by Gasteiger charge is 2.04. The van der Waals surface area contributed by atoms with Crippen molar-refractivity contribution < 1.29 is 4.79 Å². The van der Waals surface area contributed by atoms with Gasteiger partial charge in [-0.15, -0.1) is 0 Å². The van der Waals surface area contributed by atoms with Gasteiger partial charge >= 0.3 is 0 Å². The summed E-state index contributed by atoms with van der Waals surface area (Å²) in [4.78, 5) is 12.0. The van der Waals surface area contributed by atoms with Crippen molar-refractivity contribution in [3.05, 3.63) is 58.1 Å². The number of amides is 1. The van der Waals surface area contributed by atoms with Crippen molar-refractivity contribution in [2.75, 3.05) is 17.2 Å². The van der Waals surface area contributed by atoms with Gasteiger partial charge in [0, 0.05) is 28.8 Å². The van der Waals surface area contributed by atoms with Crippen LogP contribution >= 0.6 is 15.9 Å². The minimum atomic E-state index is 0.0148. The molecule has 0 radical (unpaired) electrons. The largest absolute Gasteiger partial charge is 0.384 e. The summed E-state index contributed by atoms with van der Waals surface area (Å²) in [6, 6.07) is 14.1. The van der Waals surface area contributed by atoms with Crippen LogP contribution in [0.2, 0.25) is 0 Å². The third-order valence-corrected chi connectivity index (χ3v) is 4.57. The quantitative estimate of drug-likeness (QED) is 0.717. The first-order valence-electron chi connectivity index (χ1n) is 7.85. The van der Waals surface area contributed by atoms with Crippen molar-refractivity contribution >= 4 is 33.2 Å². The van der Waals surface area contributed by atoms with Crippen LogP contribution in [0.5, 0.6) is 0 Å². The molecule has 0 atom stereocenters. The zero-order valence-corrected chi connectivity index (χ0v) is 15.4. The molecule has 122 valence electrons. The van der Waals surface area contributed by atoms with Crippen molar-refractivity contribution in [2.24, 2.45) is 0 Å². The van der Waals surface area contributed by atoms with E-state index in [2.05, 4.69) is 52.5 Å². The Kier molecular flexibility index (Phi) is 6.22. The van der Waals surface area contributed by atoms with E-state index < -0.39 is 0 Å². The van der Waals surface area contributed by atoms with E-state index in [9.17, 15) is 4.79 Å². The number of hydrogen-bond donors (Lipinski definition) is 2. The lowest BCUT2D eigenvalue weighted by Gasteiger charge is -2.10. The summed E-state index contributed by atoms with van der Waals surface area (Å²) in [6.07, 6.45) is 0.428. The Bertz CT molecular complexity index is 666. The van der Waals surface area contributed by atoms with Gasteiger partial charge in [-0.05, 0) is 48.2 Å². The number of carbonyl (C=O) groups is 1. The van der Waals surface area contributed by atoms with Crippen LogP contribution < -0.4 is 10.6 Å². The maximum atomic E-state index is 12.0. The van der Waals surface area contributed by atoms with Crippen molar-refractivity contribution in [1.29, 1.82) is 0 Å². The summed E-state index contributed by atoms with van der Waals surface area (Å²) < 4.78 is 1.07. The Labute approximate surface area is 146 Å². The number of carbonyl (C=O) groups excluding carboxylic acids is 1. The zero-order chi connectivity index (χ0) is 16.8. The SMILES string of the molecule is Cc1ccc(NCCC(=O)Nc2ccc(C(C)C)cc2)cc1Br. The lowest BCUT2D eigenvalue weighted by Crippen LogP contribution is -2.16. The van der Waals surface area contributed by atoms with Crippen LogP contribution in [0.1, 0.15) is 37.3 Å². The molecule has 2 rings (SSSR count). The fourth-order valence-corrected chi connectivity index (χ4v) is 2.58. The highest BCUT2D eigenvalue weighted by molar-refractivity contribution is 9.10. The van der Waals surface area contributed by atoms with E-state index >= 15 is 0 Å². The average molecular weight is 375 g/mol. The molecule has 0 aliphatic carbocycles. The second kappa shape index (κ2) is 8.16. The first-order chi connectivity index (χ1) is 11.0. The lowest BCUT2D eigenvalue weighted by molar-refractivity contribution is -0.115. The maximum absolute atomic E-state index is 12.0. The van der Waals surface area contributed by atoms with Gasteiger partial charge in [-0.1, -0.05) is 48.0 Å². The molecule has 0 saturated carbocycles. The van der Waals surface area contributed by atoms with E-state index in [0.717, 1.165) is 15.8 Å². The third kappa shape index (κ3) is 5.39. The van der Waals surface area contributed by atoms with E-state index in [-0.39, 0.29) is 5.91 Å². The fourth-order valence-electron chi connectivity index (χ4n) is 2.20. The minimum Gasteiger partial charge on any atom is -0.384 e. The molecule has 23 heavy (non-hydrogen) atoms. The lowest BCUT2D eigenvalue weighted by atomic mass is 10.0. The molecule has 1 amide bonds. The number of hydrogen-bond acceptors (Lipinski definition) is 2. The molecule has 0 fully saturated rings. The highest BCUT2D eigenvalue weighted by Crippen LogP contribution is 2.20. The Morgan fingerprint density at radius 2 is 1.74 bits per heavy atom. The molecule has 3 nitrogen and oxygen atoms in total. The van der Waals surface area contributed by atoms with Gasteiger partial charge in [-0.3, -0.25) is 4.79 Å². The van der Waals surface area contributed by atoms with E-state index in [1.807, 2.05) is 37.3 Å². The van der Waals surface area contributed by atoms with Crippen LogP contribution in [0.3, 0.4) is 0 Å². The molecule has 0 aromatic heterocycles. The number of aryl methyl sites for hydroxylation is 1. The van der Waals surface area contributed by atoms with Crippen LogP contribution in [0.4, 0.5) is 11.4 Å². The van der Waals surface area contributed by atoms with E-state index in [1.54, 1.807) is 0 Å². The minimum absolute atomic E-state index is 0.0148. The first kappa shape index (κ1) is 17.5. The molecule has 2 N–H and O–H groups in total. The Hall–Kier alpha value is -1.81. The fraction of sp³-hybridized carbons (Fsp3) is 0.316. The average Bonchev–Trinajstić information content (AvgIpc) is 2.51. The van der Waals surface area contributed by atoms with E-state index in [4.69, 9.17) is 0 Å². The molecular formula is C19H23BrN2O. The molecule has 2 aromatic carbocycles. The summed E-state index contributed by atoms with van der Waals surface area (Å²) >= 11 is 3.51. The number of nitrogens with one attached hydrogen (secondary N) is 2. The van der Waals surface area contributed by atoms with Gasteiger partial charge < -0.3 is 10.6 Å². The summed E-state index contributed by atoms with van der Waals surface area (Å²) in [7, 11) is 0.